The summed E-state index contributed by atoms with van der Waals surface area (Å²) in [4.78, 5) is 16.9. The molecule has 4 aromatic rings. The molecule has 7 heteroatoms. The Bertz CT molecular complexity index is 1130. The number of carbonyl (C=O) groups is 1. The van der Waals surface area contributed by atoms with Crippen molar-refractivity contribution in [3.05, 3.63) is 89.2 Å². The van der Waals surface area contributed by atoms with Crippen molar-refractivity contribution >= 4 is 23.2 Å². The Morgan fingerprint density at radius 3 is 2.43 bits per heavy atom. The fourth-order valence-electron chi connectivity index (χ4n) is 2.62. The van der Waals surface area contributed by atoms with Crippen molar-refractivity contribution in [2.45, 2.75) is 0 Å². The largest absolute Gasteiger partial charge is 0.334 e. The molecule has 0 fully saturated rings. The number of hydrogen-bond donors (Lipinski definition) is 1. The number of amides is 1. The van der Waals surface area contributed by atoms with Crippen LogP contribution >= 0.6 is 11.6 Å². The van der Waals surface area contributed by atoms with E-state index in [0.717, 1.165) is 0 Å². The van der Waals surface area contributed by atoms with Gasteiger partial charge in [0.15, 0.2) is 0 Å². The normalized spacial score (nSPS) is 10.6. The molecule has 0 spiro atoms. The Kier molecular flexibility index (Phi) is 4.87. The molecular weight excluding hydrogens is 381 g/mol. The highest BCUT2D eigenvalue weighted by molar-refractivity contribution is 6.30. The Labute approximate surface area is 164 Å². The molecule has 0 atom stereocenters. The Morgan fingerprint density at radius 2 is 1.68 bits per heavy atom. The van der Waals surface area contributed by atoms with Gasteiger partial charge in [-0.1, -0.05) is 28.9 Å². The molecular formula is C21H13ClFN3O2. The van der Waals surface area contributed by atoms with Crippen LogP contribution in [0.25, 0.3) is 22.8 Å². The van der Waals surface area contributed by atoms with E-state index in [1.165, 1.54) is 12.1 Å². The van der Waals surface area contributed by atoms with Gasteiger partial charge in [0.1, 0.15) is 5.82 Å². The van der Waals surface area contributed by atoms with Crippen LogP contribution in [-0.2, 0) is 0 Å². The van der Waals surface area contributed by atoms with Crippen LogP contribution in [0.1, 0.15) is 10.4 Å². The van der Waals surface area contributed by atoms with Crippen molar-refractivity contribution in [3.8, 4) is 22.8 Å². The SMILES string of the molecule is O=C(Nc1ccccc1-c1nc(-c2ccc(F)cc2)no1)c1ccc(Cl)cc1. The summed E-state index contributed by atoms with van der Waals surface area (Å²) in [6.45, 7) is 0. The summed E-state index contributed by atoms with van der Waals surface area (Å²) >= 11 is 5.86. The quantitative estimate of drug-likeness (QED) is 0.500. The minimum absolute atomic E-state index is 0.242. The van der Waals surface area contributed by atoms with Crippen LogP contribution < -0.4 is 5.32 Å². The van der Waals surface area contributed by atoms with Crippen LogP contribution in [-0.4, -0.2) is 16.0 Å². The molecule has 1 N–H and O–H groups in total. The van der Waals surface area contributed by atoms with Gasteiger partial charge >= 0.3 is 0 Å². The van der Waals surface area contributed by atoms with Gasteiger partial charge in [-0.3, -0.25) is 4.79 Å². The lowest BCUT2D eigenvalue weighted by Crippen LogP contribution is -2.12. The number of carbonyl (C=O) groups excluding carboxylic acids is 1. The zero-order chi connectivity index (χ0) is 19.5. The number of hydrogen-bond acceptors (Lipinski definition) is 4. The third kappa shape index (κ3) is 3.77. The fourth-order valence-corrected chi connectivity index (χ4v) is 2.75. The van der Waals surface area contributed by atoms with Crippen LogP contribution in [0.2, 0.25) is 5.02 Å². The molecule has 1 aromatic heterocycles. The summed E-state index contributed by atoms with van der Waals surface area (Å²) in [5.41, 5.74) is 2.19. The van der Waals surface area contributed by atoms with Gasteiger partial charge in [-0.25, -0.2) is 4.39 Å². The summed E-state index contributed by atoms with van der Waals surface area (Å²) < 4.78 is 18.5. The second kappa shape index (κ2) is 7.62. The fraction of sp³-hybridized carbons (Fsp3) is 0. The molecule has 0 aliphatic rings. The maximum absolute atomic E-state index is 13.1. The first-order chi connectivity index (χ1) is 13.6. The first kappa shape index (κ1) is 17.9. The Hall–Kier alpha value is -3.51. The average Bonchev–Trinajstić information content (AvgIpc) is 3.19. The van der Waals surface area contributed by atoms with Gasteiger partial charge in [-0.2, -0.15) is 4.98 Å². The molecule has 5 nitrogen and oxygen atoms in total. The van der Waals surface area contributed by atoms with E-state index in [1.807, 2.05) is 0 Å². The number of rotatable bonds is 4. The molecule has 0 bridgehead atoms. The van der Waals surface area contributed by atoms with E-state index in [-0.39, 0.29) is 17.6 Å². The molecule has 1 heterocycles. The lowest BCUT2D eigenvalue weighted by molar-refractivity contribution is 0.102. The van der Waals surface area contributed by atoms with E-state index in [4.69, 9.17) is 16.1 Å². The average molecular weight is 394 g/mol. The highest BCUT2D eigenvalue weighted by Gasteiger charge is 2.16. The molecule has 28 heavy (non-hydrogen) atoms. The van der Waals surface area contributed by atoms with Gasteiger partial charge in [0.25, 0.3) is 11.8 Å². The molecule has 3 aromatic carbocycles. The van der Waals surface area contributed by atoms with E-state index in [0.29, 0.717) is 33.2 Å². The highest BCUT2D eigenvalue weighted by Crippen LogP contribution is 2.29. The number of benzene rings is 3. The van der Waals surface area contributed by atoms with Crippen molar-refractivity contribution < 1.29 is 13.7 Å². The number of aromatic nitrogens is 2. The first-order valence-corrected chi connectivity index (χ1v) is 8.74. The van der Waals surface area contributed by atoms with E-state index in [2.05, 4.69) is 15.5 Å². The second-order valence-electron chi connectivity index (χ2n) is 5.94. The smallest absolute Gasteiger partial charge is 0.260 e. The zero-order valence-electron chi connectivity index (χ0n) is 14.4. The van der Waals surface area contributed by atoms with Gasteiger partial charge in [0, 0.05) is 16.1 Å². The van der Waals surface area contributed by atoms with Crippen molar-refractivity contribution in [2.75, 3.05) is 5.32 Å². The molecule has 4 rings (SSSR count). The van der Waals surface area contributed by atoms with Gasteiger partial charge < -0.3 is 9.84 Å². The molecule has 0 saturated heterocycles. The summed E-state index contributed by atoms with van der Waals surface area (Å²) in [7, 11) is 0. The molecule has 0 saturated carbocycles. The van der Waals surface area contributed by atoms with E-state index >= 15 is 0 Å². The van der Waals surface area contributed by atoms with Crippen molar-refractivity contribution in [3.63, 3.8) is 0 Å². The van der Waals surface area contributed by atoms with E-state index < -0.39 is 0 Å². The van der Waals surface area contributed by atoms with Crippen LogP contribution in [0.15, 0.2) is 77.3 Å². The molecule has 0 aliphatic carbocycles. The Balaban J connectivity index is 1.62. The summed E-state index contributed by atoms with van der Waals surface area (Å²) in [6, 6.07) is 19.5. The Morgan fingerprint density at radius 1 is 0.964 bits per heavy atom. The third-order valence-corrected chi connectivity index (χ3v) is 4.29. The van der Waals surface area contributed by atoms with Gasteiger partial charge in [0.2, 0.25) is 5.82 Å². The zero-order valence-corrected chi connectivity index (χ0v) is 15.2. The second-order valence-corrected chi connectivity index (χ2v) is 6.37. The van der Waals surface area contributed by atoms with Crippen molar-refractivity contribution in [2.24, 2.45) is 0 Å². The lowest BCUT2D eigenvalue weighted by atomic mass is 10.1. The molecule has 0 aliphatic heterocycles. The molecule has 0 unspecified atom stereocenters. The predicted octanol–water partition coefficient (Wildman–Crippen LogP) is 5.45. The number of para-hydroxylation sites is 1. The van der Waals surface area contributed by atoms with Crippen LogP contribution in [0.4, 0.5) is 10.1 Å². The van der Waals surface area contributed by atoms with E-state index in [9.17, 15) is 9.18 Å². The first-order valence-electron chi connectivity index (χ1n) is 8.36. The van der Waals surface area contributed by atoms with Gasteiger partial charge in [-0.15, -0.1) is 0 Å². The minimum Gasteiger partial charge on any atom is -0.334 e. The van der Waals surface area contributed by atoms with Gasteiger partial charge in [-0.05, 0) is 60.7 Å². The third-order valence-electron chi connectivity index (χ3n) is 4.04. The number of halogens is 2. The van der Waals surface area contributed by atoms with Crippen molar-refractivity contribution in [1.29, 1.82) is 0 Å². The van der Waals surface area contributed by atoms with Crippen LogP contribution in [0, 0.1) is 5.82 Å². The number of anilines is 1. The summed E-state index contributed by atoms with van der Waals surface area (Å²) in [5, 5.41) is 7.34. The van der Waals surface area contributed by atoms with E-state index in [1.54, 1.807) is 60.7 Å². The molecule has 1 amide bonds. The molecule has 138 valence electrons. The monoisotopic (exact) mass is 393 g/mol. The predicted molar refractivity (Wildman–Crippen MR) is 105 cm³/mol. The van der Waals surface area contributed by atoms with Crippen molar-refractivity contribution in [1.82, 2.24) is 10.1 Å². The summed E-state index contributed by atoms with van der Waals surface area (Å²) in [6.07, 6.45) is 0. The minimum atomic E-state index is -0.345. The number of nitrogens with one attached hydrogen (secondary N) is 1. The maximum atomic E-state index is 13.1. The van der Waals surface area contributed by atoms with Gasteiger partial charge in [0.05, 0.1) is 11.3 Å². The van der Waals surface area contributed by atoms with Crippen LogP contribution in [0.3, 0.4) is 0 Å². The number of nitrogens with zero attached hydrogens (tertiary/aromatic N) is 2. The maximum Gasteiger partial charge on any atom is 0.260 e. The lowest BCUT2D eigenvalue weighted by Gasteiger charge is -2.08. The topological polar surface area (TPSA) is 68.0 Å². The van der Waals surface area contributed by atoms with Crippen LogP contribution in [0.5, 0.6) is 0 Å². The highest BCUT2D eigenvalue weighted by atomic mass is 35.5. The summed E-state index contributed by atoms with van der Waals surface area (Å²) in [5.74, 6) is -0.0646. The standard InChI is InChI=1S/C21H13ClFN3O2/c22-15-9-5-14(6-10-15)20(27)24-18-4-2-1-3-17(18)21-25-19(26-28-21)13-7-11-16(23)12-8-13/h1-12H,(H,24,27). The molecule has 0 radical (unpaired) electrons.